The van der Waals surface area contributed by atoms with Crippen LogP contribution < -0.4 is 4.72 Å². The van der Waals surface area contributed by atoms with Crippen molar-refractivity contribution in [2.45, 2.75) is 18.4 Å². The van der Waals surface area contributed by atoms with E-state index in [0.717, 1.165) is 16.8 Å². The molecule has 0 fully saturated rings. The standard InChI is InChI=1S/C16H11ClFN3O2S2/c1-9-4-12(18)5-10(7-19)16(9)25(22,23)20-8-15-21-13-6-11(17)2-3-14(13)24-15/h2-6,20H,8H2,1H3. The predicted octanol–water partition coefficient (Wildman–Crippen LogP) is 3.75. The minimum Gasteiger partial charge on any atom is -0.240 e. The molecule has 0 spiro atoms. The van der Waals surface area contributed by atoms with Crippen LogP contribution in [0.4, 0.5) is 4.39 Å². The molecule has 1 aromatic heterocycles. The van der Waals surface area contributed by atoms with Crippen molar-refractivity contribution in [1.29, 1.82) is 5.26 Å². The molecule has 25 heavy (non-hydrogen) atoms. The van der Waals surface area contributed by atoms with Crippen LogP contribution >= 0.6 is 22.9 Å². The van der Waals surface area contributed by atoms with E-state index in [-0.39, 0.29) is 22.6 Å². The first-order valence-electron chi connectivity index (χ1n) is 7.05. The molecule has 0 bridgehead atoms. The number of aryl methyl sites for hydroxylation is 1. The molecule has 0 atom stereocenters. The monoisotopic (exact) mass is 395 g/mol. The highest BCUT2D eigenvalue weighted by atomic mass is 35.5. The number of sulfonamides is 1. The fourth-order valence-corrected chi connectivity index (χ4v) is 4.92. The van der Waals surface area contributed by atoms with E-state index in [1.54, 1.807) is 18.2 Å². The highest BCUT2D eigenvalue weighted by Crippen LogP contribution is 2.26. The van der Waals surface area contributed by atoms with Gasteiger partial charge < -0.3 is 0 Å². The maximum Gasteiger partial charge on any atom is 0.242 e. The number of halogens is 2. The number of fused-ring (bicyclic) bond motifs is 1. The van der Waals surface area contributed by atoms with E-state index in [9.17, 15) is 12.8 Å². The van der Waals surface area contributed by atoms with Gasteiger partial charge in [-0.2, -0.15) is 5.26 Å². The molecule has 0 aliphatic carbocycles. The summed E-state index contributed by atoms with van der Waals surface area (Å²) >= 11 is 7.25. The predicted molar refractivity (Wildman–Crippen MR) is 94.5 cm³/mol. The quantitative estimate of drug-likeness (QED) is 0.729. The fourth-order valence-electron chi connectivity index (χ4n) is 2.42. The van der Waals surface area contributed by atoms with Gasteiger partial charge in [-0.3, -0.25) is 0 Å². The molecule has 5 nitrogen and oxygen atoms in total. The molecular weight excluding hydrogens is 385 g/mol. The topological polar surface area (TPSA) is 82.8 Å². The number of hydrogen-bond donors (Lipinski definition) is 1. The third-order valence-corrected chi connectivity index (χ3v) is 6.31. The molecule has 9 heteroatoms. The van der Waals surface area contributed by atoms with Crippen LogP contribution in [0.15, 0.2) is 35.2 Å². The van der Waals surface area contributed by atoms with E-state index in [2.05, 4.69) is 9.71 Å². The molecule has 128 valence electrons. The maximum absolute atomic E-state index is 13.4. The molecule has 0 saturated carbocycles. The van der Waals surface area contributed by atoms with Crippen LogP contribution in [-0.4, -0.2) is 13.4 Å². The molecule has 1 heterocycles. The van der Waals surface area contributed by atoms with Crippen LogP contribution in [0, 0.1) is 24.1 Å². The Bertz CT molecular complexity index is 1120. The summed E-state index contributed by atoms with van der Waals surface area (Å²) in [5.74, 6) is -0.656. The lowest BCUT2D eigenvalue weighted by molar-refractivity contribution is 0.579. The van der Waals surface area contributed by atoms with Gasteiger partial charge in [-0.15, -0.1) is 11.3 Å². The summed E-state index contributed by atoms with van der Waals surface area (Å²) in [5.41, 5.74) is 0.614. The van der Waals surface area contributed by atoms with Gasteiger partial charge in [-0.1, -0.05) is 11.6 Å². The van der Waals surface area contributed by atoms with Crippen LogP contribution in [0.25, 0.3) is 10.2 Å². The first kappa shape index (κ1) is 17.8. The van der Waals surface area contributed by atoms with Crippen LogP contribution in [-0.2, 0) is 16.6 Å². The first-order chi connectivity index (χ1) is 11.8. The molecule has 0 saturated heterocycles. The Kier molecular flexibility index (Phi) is 4.75. The van der Waals surface area contributed by atoms with Gasteiger partial charge in [0.2, 0.25) is 10.0 Å². The van der Waals surface area contributed by atoms with Gasteiger partial charge in [0.1, 0.15) is 21.8 Å². The van der Waals surface area contributed by atoms with Crippen LogP contribution in [0.2, 0.25) is 5.02 Å². The third kappa shape index (κ3) is 3.65. The van der Waals surface area contributed by atoms with Gasteiger partial charge in [0, 0.05) is 5.02 Å². The van der Waals surface area contributed by atoms with E-state index in [1.165, 1.54) is 18.3 Å². The SMILES string of the molecule is Cc1cc(F)cc(C#N)c1S(=O)(=O)NCc1nc2cc(Cl)ccc2s1. The van der Waals surface area contributed by atoms with Gasteiger partial charge >= 0.3 is 0 Å². The van der Waals surface area contributed by atoms with E-state index < -0.39 is 15.8 Å². The Morgan fingerprint density at radius 3 is 2.84 bits per heavy atom. The van der Waals surface area contributed by atoms with Crippen molar-refractivity contribution in [2.75, 3.05) is 0 Å². The summed E-state index contributed by atoms with van der Waals surface area (Å²) in [6.45, 7) is 1.40. The Labute approximate surface area is 152 Å². The third-order valence-electron chi connectivity index (χ3n) is 3.44. The second-order valence-corrected chi connectivity index (χ2v) is 8.51. The number of nitriles is 1. The number of hydrogen-bond acceptors (Lipinski definition) is 5. The Morgan fingerprint density at radius 1 is 1.36 bits per heavy atom. The van der Waals surface area contributed by atoms with E-state index >= 15 is 0 Å². The molecule has 2 aromatic carbocycles. The van der Waals surface area contributed by atoms with Crippen LogP contribution in [0.1, 0.15) is 16.1 Å². The zero-order chi connectivity index (χ0) is 18.2. The lowest BCUT2D eigenvalue weighted by Gasteiger charge is -2.10. The first-order valence-corrected chi connectivity index (χ1v) is 9.73. The number of benzene rings is 2. The van der Waals surface area contributed by atoms with Crippen LogP contribution in [0.5, 0.6) is 0 Å². The number of nitrogens with zero attached hydrogens (tertiary/aromatic N) is 2. The summed E-state index contributed by atoms with van der Waals surface area (Å²) in [5, 5.41) is 10.2. The van der Waals surface area contributed by atoms with E-state index in [0.29, 0.717) is 15.5 Å². The van der Waals surface area contributed by atoms with Crippen molar-refractivity contribution >= 4 is 43.2 Å². The van der Waals surface area contributed by atoms with Gasteiger partial charge in [-0.05, 0) is 42.8 Å². The molecule has 0 amide bonds. The molecule has 0 unspecified atom stereocenters. The largest absolute Gasteiger partial charge is 0.242 e. The molecule has 3 aromatic rings. The van der Waals surface area contributed by atoms with E-state index in [4.69, 9.17) is 16.9 Å². The van der Waals surface area contributed by atoms with Crippen molar-refractivity contribution in [3.05, 3.63) is 57.3 Å². The molecule has 3 rings (SSSR count). The zero-order valence-corrected chi connectivity index (χ0v) is 15.3. The highest BCUT2D eigenvalue weighted by molar-refractivity contribution is 7.89. The smallest absolute Gasteiger partial charge is 0.240 e. The molecule has 0 aliphatic rings. The summed E-state index contributed by atoms with van der Waals surface area (Å²) in [7, 11) is -3.99. The summed E-state index contributed by atoms with van der Waals surface area (Å²) < 4.78 is 41.8. The lowest BCUT2D eigenvalue weighted by Crippen LogP contribution is -2.25. The molecular formula is C16H11ClFN3O2S2. The molecule has 0 aliphatic heterocycles. The second kappa shape index (κ2) is 6.69. The Hall–Kier alpha value is -2.05. The summed E-state index contributed by atoms with van der Waals surface area (Å²) in [6.07, 6.45) is 0. The van der Waals surface area contributed by atoms with Crippen molar-refractivity contribution in [1.82, 2.24) is 9.71 Å². The zero-order valence-electron chi connectivity index (χ0n) is 12.9. The average Bonchev–Trinajstić information content (AvgIpc) is 2.93. The minimum atomic E-state index is -3.99. The lowest BCUT2D eigenvalue weighted by atomic mass is 10.1. The maximum atomic E-state index is 13.4. The van der Waals surface area contributed by atoms with Gasteiger partial charge in [0.25, 0.3) is 0 Å². The van der Waals surface area contributed by atoms with Gasteiger partial charge in [-0.25, -0.2) is 22.5 Å². The number of thiazole rings is 1. The number of rotatable bonds is 4. The van der Waals surface area contributed by atoms with Crippen molar-refractivity contribution in [3.63, 3.8) is 0 Å². The second-order valence-electron chi connectivity index (χ2n) is 5.26. The Morgan fingerprint density at radius 2 is 2.12 bits per heavy atom. The number of nitrogens with one attached hydrogen (secondary N) is 1. The summed E-state index contributed by atoms with van der Waals surface area (Å²) in [4.78, 5) is 4.11. The van der Waals surface area contributed by atoms with Gasteiger partial charge in [0.05, 0.1) is 22.3 Å². The molecule has 0 radical (unpaired) electrons. The molecule has 1 N–H and O–H groups in total. The number of aromatic nitrogens is 1. The van der Waals surface area contributed by atoms with Crippen molar-refractivity contribution in [2.24, 2.45) is 0 Å². The van der Waals surface area contributed by atoms with Crippen LogP contribution in [0.3, 0.4) is 0 Å². The normalized spacial score (nSPS) is 11.6. The van der Waals surface area contributed by atoms with Crippen molar-refractivity contribution < 1.29 is 12.8 Å². The summed E-state index contributed by atoms with van der Waals surface area (Å²) in [6, 6.07) is 8.95. The highest BCUT2D eigenvalue weighted by Gasteiger charge is 2.22. The average molecular weight is 396 g/mol. The van der Waals surface area contributed by atoms with E-state index in [1.807, 2.05) is 6.07 Å². The van der Waals surface area contributed by atoms with Crippen molar-refractivity contribution in [3.8, 4) is 6.07 Å². The Balaban J connectivity index is 1.90. The van der Waals surface area contributed by atoms with Gasteiger partial charge in [0.15, 0.2) is 0 Å². The minimum absolute atomic E-state index is 0.0407. The fraction of sp³-hybridized carbons (Fsp3) is 0.125.